The van der Waals surface area contributed by atoms with Crippen LogP contribution in [0.2, 0.25) is 5.15 Å². The number of halogens is 1. The highest BCUT2D eigenvalue weighted by molar-refractivity contribution is 6.32. The van der Waals surface area contributed by atoms with E-state index >= 15 is 0 Å². The van der Waals surface area contributed by atoms with Gasteiger partial charge in [0, 0.05) is 17.8 Å². The molecule has 3 aromatic rings. The molecule has 1 N–H and O–H groups in total. The van der Waals surface area contributed by atoms with E-state index in [-0.39, 0.29) is 16.7 Å². The second kappa shape index (κ2) is 4.94. The van der Waals surface area contributed by atoms with Gasteiger partial charge >= 0.3 is 0 Å². The maximum absolute atomic E-state index is 12.1. The van der Waals surface area contributed by atoms with E-state index in [0.29, 0.717) is 5.58 Å². The van der Waals surface area contributed by atoms with Crippen LogP contribution in [-0.4, -0.2) is 15.9 Å². The lowest BCUT2D eigenvalue weighted by atomic mass is 10.2. The summed E-state index contributed by atoms with van der Waals surface area (Å²) >= 11 is 5.84. The Hall–Kier alpha value is -2.40. The van der Waals surface area contributed by atoms with Crippen molar-refractivity contribution in [3.8, 4) is 0 Å². The zero-order valence-corrected chi connectivity index (χ0v) is 11.3. The SMILES string of the molecule is Cc1ccc2oc(C(=O)Nc3nccnc3Cl)cc2c1. The fourth-order valence-corrected chi connectivity index (χ4v) is 2.00. The molecule has 5 nitrogen and oxygen atoms in total. The molecule has 20 heavy (non-hydrogen) atoms. The van der Waals surface area contributed by atoms with Gasteiger partial charge in [-0.15, -0.1) is 0 Å². The first-order chi connectivity index (χ1) is 9.63. The van der Waals surface area contributed by atoms with Crippen LogP contribution in [0.3, 0.4) is 0 Å². The van der Waals surface area contributed by atoms with Gasteiger partial charge in [-0.1, -0.05) is 23.2 Å². The Morgan fingerprint density at radius 3 is 2.85 bits per heavy atom. The number of nitrogens with zero attached hydrogens (tertiary/aromatic N) is 2. The average molecular weight is 288 g/mol. The van der Waals surface area contributed by atoms with Crippen molar-refractivity contribution in [3.63, 3.8) is 0 Å². The van der Waals surface area contributed by atoms with Gasteiger partial charge in [0.2, 0.25) is 0 Å². The van der Waals surface area contributed by atoms with Crippen LogP contribution in [0, 0.1) is 6.92 Å². The Labute approximate surface area is 119 Å². The number of nitrogens with one attached hydrogen (secondary N) is 1. The minimum absolute atomic E-state index is 0.132. The molecule has 0 saturated carbocycles. The van der Waals surface area contributed by atoms with Crippen molar-refractivity contribution in [2.45, 2.75) is 6.92 Å². The number of amides is 1. The molecule has 2 aromatic heterocycles. The number of furan rings is 1. The summed E-state index contributed by atoms with van der Waals surface area (Å²) in [4.78, 5) is 19.9. The number of hydrogen-bond donors (Lipinski definition) is 1. The van der Waals surface area contributed by atoms with Crippen LogP contribution in [0.25, 0.3) is 11.0 Å². The molecule has 1 aromatic carbocycles. The number of fused-ring (bicyclic) bond motifs is 1. The Bertz CT molecular complexity index is 798. The second-order valence-electron chi connectivity index (χ2n) is 4.30. The topological polar surface area (TPSA) is 68.0 Å². The molecule has 3 rings (SSSR count). The minimum atomic E-state index is -0.416. The van der Waals surface area contributed by atoms with Gasteiger partial charge in [0.15, 0.2) is 16.7 Å². The Morgan fingerprint density at radius 1 is 1.25 bits per heavy atom. The largest absolute Gasteiger partial charge is 0.451 e. The molecule has 0 aliphatic rings. The molecule has 1 amide bonds. The predicted octanol–water partition coefficient (Wildman–Crippen LogP) is 3.44. The highest BCUT2D eigenvalue weighted by Crippen LogP contribution is 2.22. The summed E-state index contributed by atoms with van der Waals surface area (Å²) in [6.45, 7) is 1.98. The van der Waals surface area contributed by atoms with Gasteiger partial charge in [-0.25, -0.2) is 9.97 Å². The van der Waals surface area contributed by atoms with Crippen molar-refractivity contribution in [3.05, 3.63) is 53.1 Å². The maximum Gasteiger partial charge on any atom is 0.292 e. The molecule has 0 unspecified atom stereocenters. The molecular weight excluding hydrogens is 278 g/mol. The van der Waals surface area contributed by atoms with E-state index in [1.165, 1.54) is 12.4 Å². The number of hydrogen-bond acceptors (Lipinski definition) is 4. The molecule has 0 spiro atoms. The van der Waals surface area contributed by atoms with E-state index in [9.17, 15) is 4.79 Å². The predicted molar refractivity (Wildman–Crippen MR) is 75.9 cm³/mol. The number of aryl methyl sites for hydroxylation is 1. The molecule has 0 aliphatic carbocycles. The van der Waals surface area contributed by atoms with E-state index < -0.39 is 5.91 Å². The van der Waals surface area contributed by atoms with Crippen LogP contribution in [-0.2, 0) is 0 Å². The first-order valence-corrected chi connectivity index (χ1v) is 6.29. The molecular formula is C14H10ClN3O2. The number of carbonyl (C=O) groups excluding carboxylic acids is 1. The fourth-order valence-electron chi connectivity index (χ4n) is 1.85. The van der Waals surface area contributed by atoms with Crippen LogP contribution in [0.1, 0.15) is 16.1 Å². The van der Waals surface area contributed by atoms with Gasteiger partial charge in [-0.2, -0.15) is 0 Å². The quantitative estimate of drug-likeness (QED) is 0.784. The monoisotopic (exact) mass is 287 g/mol. The summed E-state index contributed by atoms with van der Waals surface area (Å²) < 4.78 is 5.49. The minimum Gasteiger partial charge on any atom is -0.451 e. The highest BCUT2D eigenvalue weighted by atomic mass is 35.5. The van der Waals surface area contributed by atoms with Gasteiger partial charge < -0.3 is 9.73 Å². The molecule has 6 heteroatoms. The normalized spacial score (nSPS) is 10.7. The van der Waals surface area contributed by atoms with E-state index in [1.54, 1.807) is 6.07 Å². The van der Waals surface area contributed by atoms with Crippen molar-refractivity contribution in [2.24, 2.45) is 0 Å². The average Bonchev–Trinajstić information content (AvgIpc) is 2.84. The third kappa shape index (κ3) is 2.35. The lowest BCUT2D eigenvalue weighted by Crippen LogP contribution is -2.12. The van der Waals surface area contributed by atoms with E-state index in [0.717, 1.165) is 10.9 Å². The molecule has 100 valence electrons. The zero-order valence-electron chi connectivity index (χ0n) is 10.6. The van der Waals surface area contributed by atoms with Crippen LogP contribution >= 0.6 is 11.6 Å². The van der Waals surface area contributed by atoms with E-state index in [1.807, 2.05) is 25.1 Å². The number of anilines is 1. The fraction of sp³-hybridized carbons (Fsp3) is 0.0714. The molecule has 0 atom stereocenters. The number of carbonyl (C=O) groups is 1. The third-order valence-electron chi connectivity index (χ3n) is 2.78. The summed E-state index contributed by atoms with van der Waals surface area (Å²) in [6, 6.07) is 7.39. The lowest BCUT2D eigenvalue weighted by Gasteiger charge is -2.02. The van der Waals surface area contributed by atoms with Crippen molar-refractivity contribution in [1.82, 2.24) is 9.97 Å². The zero-order chi connectivity index (χ0) is 14.1. The highest BCUT2D eigenvalue weighted by Gasteiger charge is 2.14. The lowest BCUT2D eigenvalue weighted by molar-refractivity contribution is 0.0998. The van der Waals surface area contributed by atoms with Gasteiger partial charge in [0.05, 0.1) is 0 Å². The first-order valence-electron chi connectivity index (χ1n) is 5.91. The van der Waals surface area contributed by atoms with Crippen molar-refractivity contribution >= 4 is 34.3 Å². The van der Waals surface area contributed by atoms with Gasteiger partial charge in [-0.05, 0) is 25.1 Å². The third-order valence-corrected chi connectivity index (χ3v) is 3.06. The molecule has 0 radical (unpaired) electrons. The molecule has 0 saturated heterocycles. The van der Waals surface area contributed by atoms with E-state index in [4.69, 9.17) is 16.0 Å². The van der Waals surface area contributed by atoms with Crippen LogP contribution < -0.4 is 5.32 Å². The summed E-state index contributed by atoms with van der Waals surface area (Å²) in [5.74, 6) is -0.00984. The van der Waals surface area contributed by atoms with Crippen LogP contribution in [0.5, 0.6) is 0 Å². The molecule has 2 heterocycles. The first kappa shape index (κ1) is 12.6. The van der Waals surface area contributed by atoms with Crippen molar-refractivity contribution in [1.29, 1.82) is 0 Å². The summed E-state index contributed by atoms with van der Waals surface area (Å²) in [5.41, 5.74) is 1.76. The van der Waals surface area contributed by atoms with Gasteiger partial charge in [0.25, 0.3) is 5.91 Å². The van der Waals surface area contributed by atoms with Gasteiger partial charge in [-0.3, -0.25) is 4.79 Å². The van der Waals surface area contributed by atoms with E-state index in [2.05, 4.69) is 15.3 Å². The van der Waals surface area contributed by atoms with Crippen molar-refractivity contribution < 1.29 is 9.21 Å². The van der Waals surface area contributed by atoms with Gasteiger partial charge in [0.1, 0.15) is 5.58 Å². The maximum atomic E-state index is 12.1. The summed E-state index contributed by atoms with van der Waals surface area (Å²) in [6.07, 6.45) is 2.89. The smallest absolute Gasteiger partial charge is 0.292 e. The molecule has 0 aliphatic heterocycles. The van der Waals surface area contributed by atoms with Crippen LogP contribution in [0.4, 0.5) is 5.82 Å². The summed E-state index contributed by atoms with van der Waals surface area (Å²) in [7, 11) is 0. The molecule has 0 fully saturated rings. The Balaban J connectivity index is 1.91. The van der Waals surface area contributed by atoms with Crippen molar-refractivity contribution in [2.75, 3.05) is 5.32 Å². The Morgan fingerprint density at radius 2 is 2.05 bits per heavy atom. The number of rotatable bonds is 2. The Kier molecular flexibility index (Phi) is 3.12. The number of aromatic nitrogens is 2. The standard InChI is InChI=1S/C14H10ClN3O2/c1-8-2-3-10-9(6-8)7-11(20-10)14(19)18-13-12(15)16-4-5-17-13/h2-7H,1H3,(H,17,18,19). The molecule has 0 bridgehead atoms. The van der Waals surface area contributed by atoms with Crippen LogP contribution in [0.15, 0.2) is 41.1 Å². The number of benzene rings is 1. The second-order valence-corrected chi connectivity index (χ2v) is 4.66. The summed E-state index contributed by atoms with van der Waals surface area (Å²) in [5, 5.41) is 3.57.